The molecule has 0 spiro atoms. The van der Waals surface area contributed by atoms with Crippen molar-refractivity contribution < 1.29 is 4.79 Å². The lowest BCUT2D eigenvalue weighted by Gasteiger charge is -2.25. The fourth-order valence-electron chi connectivity index (χ4n) is 5.31. The van der Waals surface area contributed by atoms with Crippen LogP contribution < -0.4 is 0 Å². The van der Waals surface area contributed by atoms with E-state index in [4.69, 9.17) is 16.6 Å². The molecular weight excluding hydrogens is 446 g/mol. The van der Waals surface area contributed by atoms with E-state index in [0.29, 0.717) is 10.6 Å². The van der Waals surface area contributed by atoms with Crippen LogP contribution in [-0.2, 0) is 13.0 Å². The summed E-state index contributed by atoms with van der Waals surface area (Å²) in [5.74, 6) is 2.03. The summed E-state index contributed by atoms with van der Waals surface area (Å²) in [6, 6.07) is 17.3. The molecule has 0 bridgehead atoms. The molecule has 2 aliphatic heterocycles. The van der Waals surface area contributed by atoms with E-state index in [-0.39, 0.29) is 11.9 Å². The molecule has 0 radical (unpaired) electrons. The fraction of sp³-hybridized carbons (Fsp3) is 0.333. The van der Waals surface area contributed by atoms with Crippen LogP contribution in [-0.4, -0.2) is 37.1 Å². The van der Waals surface area contributed by atoms with E-state index in [2.05, 4.69) is 14.8 Å². The van der Waals surface area contributed by atoms with Gasteiger partial charge in [0.1, 0.15) is 5.82 Å². The summed E-state index contributed by atoms with van der Waals surface area (Å²) in [7, 11) is 0. The highest BCUT2D eigenvalue weighted by molar-refractivity contribution is 6.30. The number of hydrogen-bond donors (Lipinski definition) is 0. The smallest absolute Gasteiger partial charge is 0.255 e. The van der Waals surface area contributed by atoms with E-state index >= 15 is 0 Å². The number of pyridine rings is 1. The van der Waals surface area contributed by atoms with Gasteiger partial charge in [-0.2, -0.15) is 0 Å². The van der Waals surface area contributed by atoms with Crippen molar-refractivity contribution in [1.29, 1.82) is 0 Å². The summed E-state index contributed by atoms with van der Waals surface area (Å²) in [5, 5.41) is 10.6. The second kappa shape index (κ2) is 8.84. The molecule has 1 amide bonds. The number of halogens is 1. The second-order valence-corrected chi connectivity index (χ2v) is 9.61. The molecule has 0 N–H and O–H groups in total. The summed E-state index contributed by atoms with van der Waals surface area (Å²) < 4.78 is 2.27. The number of rotatable bonds is 3. The Bertz CT molecular complexity index is 1360. The minimum atomic E-state index is -0.0437. The first-order valence-electron chi connectivity index (χ1n) is 12.1. The number of aryl methyl sites for hydroxylation is 1. The van der Waals surface area contributed by atoms with Crippen LogP contribution in [0, 0.1) is 0 Å². The lowest BCUT2D eigenvalue weighted by Crippen LogP contribution is -2.32. The van der Waals surface area contributed by atoms with Gasteiger partial charge >= 0.3 is 0 Å². The Hall–Kier alpha value is -3.25. The number of para-hydroxylation sites is 1. The number of amides is 1. The van der Waals surface area contributed by atoms with Crippen molar-refractivity contribution >= 4 is 28.4 Å². The largest absolute Gasteiger partial charge is 0.328 e. The van der Waals surface area contributed by atoms with E-state index in [1.165, 1.54) is 6.42 Å². The minimum absolute atomic E-state index is 0.0299. The molecule has 34 heavy (non-hydrogen) atoms. The summed E-state index contributed by atoms with van der Waals surface area (Å²) in [4.78, 5) is 20.9. The van der Waals surface area contributed by atoms with Crippen molar-refractivity contribution in [3.63, 3.8) is 0 Å². The van der Waals surface area contributed by atoms with Crippen LogP contribution in [0.1, 0.15) is 60.2 Å². The number of aromatic nitrogens is 4. The summed E-state index contributed by atoms with van der Waals surface area (Å²) in [6.07, 6.45) is 6.35. The van der Waals surface area contributed by atoms with Gasteiger partial charge in [0.15, 0.2) is 5.82 Å². The van der Waals surface area contributed by atoms with Crippen LogP contribution in [0.2, 0.25) is 5.02 Å². The van der Waals surface area contributed by atoms with Gasteiger partial charge in [0.25, 0.3) is 5.91 Å². The molecule has 6 rings (SSSR count). The molecule has 2 aromatic heterocycles. The third-order valence-electron chi connectivity index (χ3n) is 7.04. The van der Waals surface area contributed by atoms with Crippen LogP contribution >= 0.6 is 11.6 Å². The van der Waals surface area contributed by atoms with E-state index in [1.54, 1.807) is 0 Å². The Morgan fingerprint density at radius 3 is 2.68 bits per heavy atom. The zero-order valence-electron chi connectivity index (χ0n) is 19.0. The second-order valence-electron chi connectivity index (χ2n) is 9.17. The van der Waals surface area contributed by atoms with E-state index in [0.717, 1.165) is 79.0 Å². The topological polar surface area (TPSA) is 63.9 Å². The molecule has 1 saturated heterocycles. The highest BCUT2D eigenvalue weighted by Crippen LogP contribution is 2.35. The van der Waals surface area contributed by atoms with Gasteiger partial charge in [0.05, 0.1) is 22.8 Å². The third kappa shape index (κ3) is 3.76. The van der Waals surface area contributed by atoms with Gasteiger partial charge in [-0.1, -0.05) is 48.4 Å². The molecule has 6 nitrogen and oxygen atoms in total. The maximum Gasteiger partial charge on any atom is 0.255 e. The van der Waals surface area contributed by atoms with Crippen LogP contribution in [0.25, 0.3) is 22.2 Å². The minimum Gasteiger partial charge on any atom is -0.328 e. The Balaban J connectivity index is 1.41. The standard InChI is InChI=1S/C27H26ClN5O/c28-19-13-11-18(12-14-19)23-17-21(20-7-3-4-8-22(20)29-23)27(34)32-16-6-9-24(32)26-31-30-25-10-2-1-5-15-33(25)26/h3-4,7-8,11-14,17,24H,1-2,5-6,9-10,15-16H2. The average molecular weight is 472 g/mol. The quantitative estimate of drug-likeness (QED) is 0.376. The molecule has 2 aromatic carbocycles. The van der Waals surface area contributed by atoms with E-state index in [1.807, 2.05) is 59.5 Å². The van der Waals surface area contributed by atoms with Gasteiger partial charge in [0.2, 0.25) is 0 Å². The van der Waals surface area contributed by atoms with Gasteiger partial charge in [-0.05, 0) is 49.9 Å². The molecular formula is C27H26ClN5O. The van der Waals surface area contributed by atoms with Crippen molar-refractivity contribution in [3.05, 3.63) is 76.8 Å². The third-order valence-corrected chi connectivity index (χ3v) is 7.29. The van der Waals surface area contributed by atoms with Crippen molar-refractivity contribution in [2.24, 2.45) is 0 Å². The number of fused-ring (bicyclic) bond motifs is 2. The van der Waals surface area contributed by atoms with Crippen LogP contribution in [0.4, 0.5) is 0 Å². The molecule has 172 valence electrons. The zero-order chi connectivity index (χ0) is 23.1. The van der Waals surface area contributed by atoms with E-state index < -0.39 is 0 Å². The fourth-order valence-corrected chi connectivity index (χ4v) is 5.43. The van der Waals surface area contributed by atoms with Crippen LogP contribution in [0.15, 0.2) is 54.6 Å². The maximum absolute atomic E-state index is 14.1. The summed E-state index contributed by atoms with van der Waals surface area (Å²) in [5.41, 5.74) is 3.19. The predicted octanol–water partition coefficient (Wildman–Crippen LogP) is 5.85. The first-order valence-corrected chi connectivity index (χ1v) is 12.5. The average Bonchev–Trinajstić information content (AvgIpc) is 3.44. The number of hydrogen-bond acceptors (Lipinski definition) is 4. The van der Waals surface area contributed by atoms with Crippen molar-refractivity contribution in [2.45, 2.75) is 51.1 Å². The number of benzene rings is 2. The van der Waals surface area contributed by atoms with Crippen LogP contribution in [0.3, 0.4) is 0 Å². The Labute approximate surface area is 203 Å². The molecule has 0 aliphatic carbocycles. The number of carbonyl (C=O) groups excluding carboxylic acids is 1. The Morgan fingerprint density at radius 1 is 0.941 bits per heavy atom. The maximum atomic E-state index is 14.1. The molecule has 1 unspecified atom stereocenters. The summed E-state index contributed by atoms with van der Waals surface area (Å²) in [6.45, 7) is 1.66. The van der Waals surface area contributed by atoms with Gasteiger partial charge < -0.3 is 9.47 Å². The predicted molar refractivity (Wildman–Crippen MR) is 133 cm³/mol. The SMILES string of the molecule is O=C(c1cc(-c2ccc(Cl)cc2)nc2ccccc12)N1CCCC1c1nnc2n1CCCCC2. The van der Waals surface area contributed by atoms with Crippen molar-refractivity contribution in [1.82, 2.24) is 24.6 Å². The Morgan fingerprint density at radius 2 is 1.79 bits per heavy atom. The first-order chi connectivity index (χ1) is 16.7. The molecule has 2 aliphatic rings. The molecule has 4 aromatic rings. The first kappa shape index (κ1) is 21.3. The summed E-state index contributed by atoms with van der Waals surface area (Å²) >= 11 is 6.09. The molecule has 1 atom stereocenters. The highest BCUT2D eigenvalue weighted by atomic mass is 35.5. The van der Waals surface area contributed by atoms with Crippen molar-refractivity contribution in [2.75, 3.05) is 6.54 Å². The lowest BCUT2D eigenvalue weighted by molar-refractivity contribution is 0.0729. The normalized spacial score (nSPS) is 18.1. The van der Waals surface area contributed by atoms with E-state index in [9.17, 15) is 4.79 Å². The highest BCUT2D eigenvalue weighted by Gasteiger charge is 2.35. The molecule has 7 heteroatoms. The monoisotopic (exact) mass is 471 g/mol. The zero-order valence-corrected chi connectivity index (χ0v) is 19.7. The van der Waals surface area contributed by atoms with Gasteiger partial charge in [-0.3, -0.25) is 4.79 Å². The van der Waals surface area contributed by atoms with Gasteiger partial charge in [0, 0.05) is 35.5 Å². The van der Waals surface area contributed by atoms with Gasteiger partial charge in [-0.15, -0.1) is 10.2 Å². The lowest BCUT2D eigenvalue weighted by atomic mass is 10.0. The van der Waals surface area contributed by atoms with Crippen molar-refractivity contribution in [3.8, 4) is 11.3 Å². The van der Waals surface area contributed by atoms with Crippen LogP contribution in [0.5, 0.6) is 0 Å². The Kier molecular flexibility index (Phi) is 5.53. The number of carbonyl (C=O) groups is 1. The molecule has 1 fully saturated rings. The molecule has 0 saturated carbocycles. The number of nitrogens with zero attached hydrogens (tertiary/aromatic N) is 5. The molecule has 4 heterocycles. The number of likely N-dealkylation sites (tertiary alicyclic amines) is 1. The van der Waals surface area contributed by atoms with Gasteiger partial charge in [-0.25, -0.2) is 4.98 Å².